The lowest BCUT2D eigenvalue weighted by Gasteiger charge is -2.39. The molecule has 2 fully saturated rings. The molecule has 1 aromatic heterocycles. The van der Waals surface area contributed by atoms with E-state index >= 15 is 0 Å². The molecule has 2 heterocycles. The minimum Gasteiger partial charge on any atom is -0.481 e. The molecule has 4 heteroatoms. The third-order valence-electron chi connectivity index (χ3n) is 4.87. The summed E-state index contributed by atoms with van der Waals surface area (Å²) in [4.78, 5) is 19.0. The second-order valence-corrected chi connectivity index (χ2v) is 7.73. The van der Waals surface area contributed by atoms with Gasteiger partial charge in [0.15, 0.2) is 0 Å². The predicted molar refractivity (Wildman–Crippen MR) is 81.4 cm³/mol. The zero-order chi connectivity index (χ0) is 15.3. The Morgan fingerprint density at radius 2 is 2.14 bits per heavy atom. The fourth-order valence-electron chi connectivity index (χ4n) is 4.52. The first-order chi connectivity index (χ1) is 9.82. The number of pyridine rings is 1. The van der Waals surface area contributed by atoms with E-state index in [1.807, 2.05) is 0 Å². The van der Waals surface area contributed by atoms with Crippen molar-refractivity contribution >= 4 is 5.91 Å². The molecule has 3 rings (SSSR count). The molecule has 2 atom stereocenters. The van der Waals surface area contributed by atoms with Gasteiger partial charge in [0.25, 0.3) is 5.91 Å². The Kier molecular flexibility index (Phi) is 3.23. The molecule has 1 aliphatic heterocycles. The van der Waals surface area contributed by atoms with E-state index in [1.54, 1.807) is 25.4 Å². The summed E-state index contributed by atoms with van der Waals surface area (Å²) in [6.07, 6.45) is 5.06. The lowest BCUT2D eigenvalue weighted by atomic mass is 9.65. The van der Waals surface area contributed by atoms with E-state index < -0.39 is 0 Å². The minimum atomic E-state index is 0.113. The van der Waals surface area contributed by atoms with Gasteiger partial charge in [0.2, 0.25) is 5.88 Å². The maximum Gasteiger partial charge on any atom is 0.254 e. The summed E-state index contributed by atoms with van der Waals surface area (Å²) in [6, 6.07) is 3.88. The number of methoxy groups -OCH3 is 1. The first-order valence-electron chi connectivity index (χ1n) is 7.63. The normalized spacial score (nSPS) is 30.3. The Bertz CT molecular complexity index is 570. The van der Waals surface area contributed by atoms with Crippen molar-refractivity contribution in [1.82, 2.24) is 9.88 Å². The molecule has 2 bridgehead atoms. The highest BCUT2D eigenvalue weighted by Gasteiger charge is 2.51. The van der Waals surface area contributed by atoms with Crippen LogP contribution in [0.2, 0.25) is 0 Å². The van der Waals surface area contributed by atoms with Gasteiger partial charge in [0.1, 0.15) is 0 Å². The average Bonchev–Trinajstić information content (AvgIpc) is 2.67. The molecule has 114 valence electrons. The van der Waals surface area contributed by atoms with Gasteiger partial charge in [-0.1, -0.05) is 20.8 Å². The van der Waals surface area contributed by atoms with Crippen molar-refractivity contribution in [3.05, 3.63) is 23.9 Å². The number of fused-ring (bicyclic) bond motifs is 2. The fraction of sp³-hybridized carbons (Fsp3) is 0.647. The van der Waals surface area contributed by atoms with Gasteiger partial charge in [-0.25, -0.2) is 4.98 Å². The summed E-state index contributed by atoms with van der Waals surface area (Å²) in [7, 11) is 1.57. The van der Waals surface area contributed by atoms with Crippen LogP contribution < -0.4 is 4.74 Å². The molecule has 1 saturated carbocycles. The number of ether oxygens (including phenoxy) is 1. The average molecular weight is 288 g/mol. The van der Waals surface area contributed by atoms with Crippen molar-refractivity contribution in [3.63, 3.8) is 0 Å². The maximum atomic E-state index is 12.9. The fourth-order valence-corrected chi connectivity index (χ4v) is 4.52. The Hall–Kier alpha value is -1.58. The summed E-state index contributed by atoms with van der Waals surface area (Å²) in [5.74, 6) is 0.608. The molecule has 1 aromatic rings. The van der Waals surface area contributed by atoms with Gasteiger partial charge in [0.05, 0.1) is 7.11 Å². The highest BCUT2D eigenvalue weighted by atomic mass is 16.5. The number of likely N-dealkylation sites (tertiary alicyclic amines) is 1. The van der Waals surface area contributed by atoms with Crippen molar-refractivity contribution in [2.75, 3.05) is 13.7 Å². The number of amides is 1. The number of rotatable bonds is 2. The summed E-state index contributed by atoms with van der Waals surface area (Å²) in [6.45, 7) is 7.83. The number of aromatic nitrogens is 1. The van der Waals surface area contributed by atoms with Crippen LogP contribution in [-0.2, 0) is 0 Å². The Morgan fingerprint density at radius 1 is 1.38 bits per heavy atom. The molecule has 21 heavy (non-hydrogen) atoms. The molecule has 2 aliphatic rings. The van der Waals surface area contributed by atoms with E-state index in [2.05, 4.69) is 30.7 Å². The number of hydrogen-bond donors (Lipinski definition) is 0. The summed E-state index contributed by atoms with van der Waals surface area (Å²) in [5.41, 5.74) is 1.26. The molecule has 2 unspecified atom stereocenters. The third kappa shape index (κ3) is 2.63. The maximum absolute atomic E-state index is 12.9. The van der Waals surface area contributed by atoms with Crippen LogP contribution in [0.3, 0.4) is 0 Å². The highest BCUT2D eigenvalue weighted by molar-refractivity contribution is 5.95. The van der Waals surface area contributed by atoms with Crippen LogP contribution in [0.25, 0.3) is 0 Å². The first-order valence-corrected chi connectivity index (χ1v) is 7.63. The molecule has 4 nitrogen and oxygen atoms in total. The van der Waals surface area contributed by atoms with Gasteiger partial charge in [-0.05, 0) is 36.2 Å². The van der Waals surface area contributed by atoms with Crippen LogP contribution in [0.15, 0.2) is 18.3 Å². The van der Waals surface area contributed by atoms with Gasteiger partial charge in [0, 0.05) is 30.4 Å². The van der Waals surface area contributed by atoms with Crippen molar-refractivity contribution in [3.8, 4) is 5.88 Å². The van der Waals surface area contributed by atoms with E-state index in [1.165, 1.54) is 6.42 Å². The van der Waals surface area contributed by atoms with Crippen LogP contribution in [-0.4, -0.2) is 35.5 Å². The summed E-state index contributed by atoms with van der Waals surface area (Å²) in [5, 5.41) is 0. The number of nitrogens with zero attached hydrogens (tertiary/aromatic N) is 2. The monoisotopic (exact) mass is 288 g/mol. The van der Waals surface area contributed by atoms with Crippen LogP contribution in [0.1, 0.15) is 50.4 Å². The van der Waals surface area contributed by atoms with Crippen molar-refractivity contribution < 1.29 is 9.53 Å². The summed E-state index contributed by atoms with van der Waals surface area (Å²) < 4.78 is 5.13. The lowest BCUT2D eigenvalue weighted by molar-refractivity contribution is 0.0707. The predicted octanol–water partition coefficient (Wildman–Crippen LogP) is 3.13. The van der Waals surface area contributed by atoms with Crippen LogP contribution in [0.4, 0.5) is 0 Å². The molecule has 0 N–H and O–H groups in total. The van der Waals surface area contributed by atoms with Gasteiger partial charge < -0.3 is 9.64 Å². The van der Waals surface area contributed by atoms with Gasteiger partial charge in [-0.15, -0.1) is 0 Å². The van der Waals surface area contributed by atoms with Gasteiger partial charge in [-0.2, -0.15) is 0 Å². The Labute approximate surface area is 126 Å². The van der Waals surface area contributed by atoms with Crippen molar-refractivity contribution in [1.29, 1.82) is 0 Å². The van der Waals surface area contributed by atoms with E-state index in [-0.39, 0.29) is 11.3 Å². The topological polar surface area (TPSA) is 42.4 Å². The number of carbonyl (C=O) groups is 1. The zero-order valence-electron chi connectivity index (χ0n) is 13.3. The van der Waals surface area contributed by atoms with Crippen LogP contribution in [0.5, 0.6) is 5.88 Å². The molecule has 0 spiro atoms. The second kappa shape index (κ2) is 4.72. The molecular formula is C17H24N2O2. The zero-order valence-corrected chi connectivity index (χ0v) is 13.3. The quantitative estimate of drug-likeness (QED) is 0.839. The standard InChI is InChI=1S/C17H24N2O2/c1-16(2)8-13-9-17(3,10-16)11-19(13)15(20)12-5-6-18-14(7-12)21-4/h5-7,13H,8-11H2,1-4H3. The van der Waals surface area contributed by atoms with Crippen molar-refractivity contribution in [2.45, 2.75) is 46.1 Å². The second-order valence-electron chi connectivity index (χ2n) is 7.73. The lowest BCUT2D eigenvalue weighted by Crippen LogP contribution is -2.37. The highest BCUT2D eigenvalue weighted by Crippen LogP contribution is 2.52. The first kappa shape index (κ1) is 14.4. The largest absolute Gasteiger partial charge is 0.481 e. The Balaban J connectivity index is 1.86. The van der Waals surface area contributed by atoms with Gasteiger partial charge in [-0.3, -0.25) is 4.79 Å². The molecule has 0 aromatic carbocycles. The molecule has 1 aliphatic carbocycles. The Morgan fingerprint density at radius 3 is 2.86 bits per heavy atom. The molecular weight excluding hydrogens is 264 g/mol. The molecule has 1 saturated heterocycles. The smallest absolute Gasteiger partial charge is 0.254 e. The SMILES string of the molecule is COc1cc(C(=O)N2CC3(C)CC2CC(C)(C)C3)ccn1. The van der Waals surface area contributed by atoms with E-state index in [4.69, 9.17) is 4.74 Å². The van der Waals surface area contributed by atoms with E-state index in [0.717, 1.165) is 19.4 Å². The minimum absolute atomic E-state index is 0.113. The van der Waals surface area contributed by atoms with Gasteiger partial charge >= 0.3 is 0 Å². The number of carbonyl (C=O) groups excluding carboxylic acids is 1. The van der Waals surface area contributed by atoms with Crippen LogP contribution >= 0.6 is 0 Å². The van der Waals surface area contributed by atoms with E-state index in [0.29, 0.717) is 22.9 Å². The molecule has 1 amide bonds. The summed E-state index contributed by atoms with van der Waals surface area (Å²) >= 11 is 0. The van der Waals surface area contributed by atoms with Crippen molar-refractivity contribution in [2.24, 2.45) is 10.8 Å². The van der Waals surface area contributed by atoms with E-state index in [9.17, 15) is 4.79 Å². The number of hydrogen-bond acceptors (Lipinski definition) is 3. The third-order valence-corrected chi connectivity index (χ3v) is 4.87. The van der Waals surface area contributed by atoms with Crippen LogP contribution in [0, 0.1) is 10.8 Å². The molecule has 0 radical (unpaired) electrons.